The average molecular weight is 396 g/mol. The van der Waals surface area contributed by atoms with Gasteiger partial charge in [-0.1, -0.05) is 24.3 Å². The standard InChI is InChI=1S/C23H28N2O4/c26-12-10-19-7-3-4-11-25(19)23(28)20-13-16-5-1-2-6-17(16)14-21(20)29-15-22(27)24-18-8-9-18/h1-2,5-6,13-14,18-19,26H,3-4,7-12,15H2,(H,24,27). The molecule has 2 amide bonds. The molecule has 4 rings (SSSR count). The van der Waals surface area contributed by atoms with Gasteiger partial charge in [-0.3, -0.25) is 9.59 Å². The second-order valence-electron chi connectivity index (χ2n) is 7.99. The quantitative estimate of drug-likeness (QED) is 0.754. The fourth-order valence-corrected chi connectivity index (χ4v) is 4.02. The number of aliphatic hydroxyl groups excluding tert-OH is 1. The summed E-state index contributed by atoms with van der Waals surface area (Å²) in [4.78, 5) is 27.4. The predicted molar refractivity (Wildman–Crippen MR) is 111 cm³/mol. The van der Waals surface area contributed by atoms with Gasteiger partial charge in [-0.05, 0) is 61.4 Å². The number of aliphatic hydroxyl groups is 1. The first kappa shape index (κ1) is 19.7. The fraction of sp³-hybridized carbons (Fsp3) is 0.478. The van der Waals surface area contributed by atoms with Gasteiger partial charge in [-0.25, -0.2) is 0 Å². The van der Waals surface area contributed by atoms with Crippen molar-refractivity contribution >= 4 is 22.6 Å². The summed E-state index contributed by atoms with van der Waals surface area (Å²) >= 11 is 0. The number of benzene rings is 2. The molecule has 1 aliphatic heterocycles. The first-order valence-corrected chi connectivity index (χ1v) is 10.5. The van der Waals surface area contributed by atoms with Crippen molar-refractivity contribution in [2.45, 2.75) is 50.6 Å². The summed E-state index contributed by atoms with van der Waals surface area (Å²) < 4.78 is 5.83. The third-order valence-electron chi connectivity index (χ3n) is 5.73. The maximum atomic E-state index is 13.4. The third-order valence-corrected chi connectivity index (χ3v) is 5.73. The molecule has 0 bridgehead atoms. The van der Waals surface area contributed by atoms with E-state index in [2.05, 4.69) is 5.32 Å². The number of carbonyl (C=O) groups is 2. The van der Waals surface area contributed by atoms with Crippen LogP contribution in [-0.2, 0) is 4.79 Å². The molecule has 2 fully saturated rings. The fourth-order valence-electron chi connectivity index (χ4n) is 4.02. The van der Waals surface area contributed by atoms with Gasteiger partial charge in [0.05, 0.1) is 5.56 Å². The number of nitrogens with zero attached hydrogens (tertiary/aromatic N) is 1. The van der Waals surface area contributed by atoms with Crippen LogP contribution in [0.5, 0.6) is 5.75 Å². The molecular weight excluding hydrogens is 368 g/mol. The molecule has 1 aliphatic carbocycles. The molecule has 2 N–H and O–H groups in total. The summed E-state index contributed by atoms with van der Waals surface area (Å²) in [7, 11) is 0. The Hall–Kier alpha value is -2.60. The van der Waals surface area contributed by atoms with Gasteiger partial charge in [0.2, 0.25) is 0 Å². The molecule has 154 valence electrons. The van der Waals surface area contributed by atoms with Gasteiger partial charge in [-0.15, -0.1) is 0 Å². The van der Waals surface area contributed by atoms with Gasteiger partial charge in [0, 0.05) is 25.2 Å². The first-order chi connectivity index (χ1) is 14.2. The van der Waals surface area contributed by atoms with Crippen molar-refractivity contribution in [2.75, 3.05) is 19.8 Å². The minimum absolute atomic E-state index is 0.0405. The van der Waals surface area contributed by atoms with E-state index in [0.717, 1.165) is 42.9 Å². The number of likely N-dealkylation sites (tertiary alicyclic amines) is 1. The molecule has 0 spiro atoms. The minimum Gasteiger partial charge on any atom is -0.483 e. The molecule has 29 heavy (non-hydrogen) atoms. The van der Waals surface area contributed by atoms with Crippen LogP contribution in [0.2, 0.25) is 0 Å². The predicted octanol–water partition coefficient (Wildman–Crippen LogP) is 2.87. The van der Waals surface area contributed by atoms with Crippen LogP contribution in [0.25, 0.3) is 10.8 Å². The molecule has 1 heterocycles. The van der Waals surface area contributed by atoms with Gasteiger partial charge < -0.3 is 20.1 Å². The molecular formula is C23H28N2O4. The van der Waals surface area contributed by atoms with E-state index in [-0.39, 0.29) is 37.1 Å². The highest BCUT2D eigenvalue weighted by Crippen LogP contribution is 2.30. The number of hydrogen-bond acceptors (Lipinski definition) is 4. The Bertz CT molecular complexity index is 892. The number of piperidine rings is 1. The third kappa shape index (κ3) is 4.70. The van der Waals surface area contributed by atoms with E-state index >= 15 is 0 Å². The normalized spacial score (nSPS) is 19.2. The van der Waals surface area contributed by atoms with Crippen LogP contribution in [0.3, 0.4) is 0 Å². The zero-order valence-electron chi connectivity index (χ0n) is 16.6. The highest BCUT2D eigenvalue weighted by Gasteiger charge is 2.29. The Morgan fingerprint density at radius 1 is 1.10 bits per heavy atom. The summed E-state index contributed by atoms with van der Waals surface area (Å²) in [5.74, 6) is 0.190. The highest BCUT2D eigenvalue weighted by molar-refractivity contribution is 6.02. The van der Waals surface area contributed by atoms with Crippen LogP contribution in [0, 0.1) is 0 Å². The number of ether oxygens (including phenoxy) is 1. The average Bonchev–Trinajstić information content (AvgIpc) is 3.55. The van der Waals surface area contributed by atoms with Crippen LogP contribution >= 0.6 is 0 Å². The summed E-state index contributed by atoms with van der Waals surface area (Å²) in [6, 6.07) is 11.8. The Morgan fingerprint density at radius 3 is 2.59 bits per heavy atom. The molecule has 1 saturated heterocycles. The summed E-state index contributed by atoms with van der Waals surface area (Å²) in [6.45, 7) is 0.643. The molecule has 2 aromatic rings. The molecule has 0 aromatic heterocycles. The van der Waals surface area contributed by atoms with E-state index in [1.54, 1.807) is 0 Å². The van der Waals surface area contributed by atoms with Crippen LogP contribution in [0.15, 0.2) is 36.4 Å². The lowest BCUT2D eigenvalue weighted by Crippen LogP contribution is -2.44. The van der Waals surface area contributed by atoms with E-state index < -0.39 is 0 Å². The lowest BCUT2D eigenvalue weighted by Gasteiger charge is -2.36. The van der Waals surface area contributed by atoms with E-state index in [1.165, 1.54) is 0 Å². The Balaban J connectivity index is 1.61. The molecule has 1 saturated carbocycles. The first-order valence-electron chi connectivity index (χ1n) is 10.5. The van der Waals surface area contributed by atoms with Crippen molar-refractivity contribution in [1.82, 2.24) is 10.2 Å². The second-order valence-corrected chi connectivity index (χ2v) is 7.99. The molecule has 6 heteroatoms. The van der Waals surface area contributed by atoms with Crippen molar-refractivity contribution in [3.8, 4) is 5.75 Å². The maximum absolute atomic E-state index is 13.4. The molecule has 2 aliphatic rings. The zero-order chi connectivity index (χ0) is 20.2. The maximum Gasteiger partial charge on any atom is 0.258 e. The van der Waals surface area contributed by atoms with Gasteiger partial charge in [-0.2, -0.15) is 0 Å². The van der Waals surface area contributed by atoms with Crippen LogP contribution in [0.4, 0.5) is 0 Å². The zero-order valence-corrected chi connectivity index (χ0v) is 16.6. The highest BCUT2D eigenvalue weighted by atomic mass is 16.5. The molecule has 1 unspecified atom stereocenters. The Kier molecular flexibility index (Phi) is 6.00. The van der Waals surface area contributed by atoms with E-state index in [1.807, 2.05) is 41.3 Å². The smallest absolute Gasteiger partial charge is 0.258 e. The van der Waals surface area contributed by atoms with Crippen molar-refractivity contribution < 1.29 is 19.4 Å². The van der Waals surface area contributed by atoms with E-state index in [4.69, 9.17) is 4.74 Å². The van der Waals surface area contributed by atoms with E-state index in [9.17, 15) is 14.7 Å². The topological polar surface area (TPSA) is 78.9 Å². The number of rotatable bonds is 7. The van der Waals surface area contributed by atoms with Gasteiger partial charge in [0.15, 0.2) is 6.61 Å². The number of fused-ring (bicyclic) bond motifs is 1. The van der Waals surface area contributed by atoms with Crippen molar-refractivity contribution in [1.29, 1.82) is 0 Å². The second kappa shape index (κ2) is 8.82. The number of hydrogen-bond donors (Lipinski definition) is 2. The SMILES string of the molecule is O=C(COc1cc2ccccc2cc1C(=O)N1CCCCC1CCO)NC1CC1. The summed E-state index contributed by atoms with van der Waals surface area (Å²) in [5.41, 5.74) is 0.479. The number of carbonyl (C=O) groups excluding carboxylic acids is 2. The number of amides is 2. The van der Waals surface area contributed by atoms with E-state index in [0.29, 0.717) is 24.3 Å². The summed E-state index contributed by atoms with van der Waals surface area (Å²) in [6.07, 6.45) is 5.55. The molecule has 2 aromatic carbocycles. The van der Waals surface area contributed by atoms with Crippen LogP contribution in [-0.4, -0.2) is 53.7 Å². The van der Waals surface area contributed by atoms with Gasteiger partial charge in [0.25, 0.3) is 11.8 Å². The van der Waals surface area contributed by atoms with Crippen LogP contribution in [0.1, 0.15) is 48.9 Å². The minimum atomic E-state index is -0.157. The van der Waals surface area contributed by atoms with Gasteiger partial charge >= 0.3 is 0 Å². The van der Waals surface area contributed by atoms with Crippen molar-refractivity contribution in [3.05, 3.63) is 42.0 Å². The monoisotopic (exact) mass is 396 g/mol. The Labute approximate surface area is 170 Å². The molecule has 0 radical (unpaired) electrons. The van der Waals surface area contributed by atoms with Crippen LogP contribution < -0.4 is 10.1 Å². The number of nitrogens with one attached hydrogen (secondary N) is 1. The summed E-state index contributed by atoms with van der Waals surface area (Å²) in [5, 5.41) is 14.2. The molecule has 6 nitrogen and oxygen atoms in total. The van der Waals surface area contributed by atoms with Crippen molar-refractivity contribution in [3.63, 3.8) is 0 Å². The lowest BCUT2D eigenvalue weighted by molar-refractivity contribution is -0.123. The lowest BCUT2D eigenvalue weighted by atomic mass is 9.97. The van der Waals surface area contributed by atoms with Crippen molar-refractivity contribution in [2.24, 2.45) is 0 Å². The Morgan fingerprint density at radius 2 is 1.86 bits per heavy atom. The largest absolute Gasteiger partial charge is 0.483 e. The van der Waals surface area contributed by atoms with Gasteiger partial charge in [0.1, 0.15) is 5.75 Å². The molecule has 1 atom stereocenters.